The van der Waals surface area contributed by atoms with Crippen LogP contribution in [0.15, 0.2) is 36.5 Å². The third kappa shape index (κ3) is 5.26. The molecule has 2 heterocycles. The van der Waals surface area contributed by atoms with Crippen molar-refractivity contribution in [3.8, 4) is 0 Å². The standard InChI is InChI=1S/C20H24FN5O2/c1-14-3-5-17(12-22-14)23-20(28)24-19-11-16(4-6-18(19)21)13-25-7-9-26(10-8-25)15(2)27/h3-6,11-12H,7-10,13H2,1-2H3,(H2,23,24,28). The van der Waals surface area contributed by atoms with E-state index in [0.717, 1.165) is 24.3 Å². The van der Waals surface area contributed by atoms with Gasteiger partial charge >= 0.3 is 6.03 Å². The smallest absolute Gasteiger partial charge is 0.323 e. The summed E-state index contributed by atoms with van der Waals surface area (Å²) in [5.41, 5.74) is 2.39. The van der Waals surface area contributed by atoms with Crippen molar-refractivity contribution in [1.82, 2.24) is 14.8 Å². The van der Waals surface area contributed by atoms with Crippen molar-refractivity contribution in [3.63, 3.8) is 0 Å². The molecule has 2 N–H and O–H groups in total. The molecule has 3 amide bonds. The van der Waals surface area contributed by atoms with Gasteiger partial charge in [-0.2, -0.15) is 0 Å². The first-order valence-electron chi connectivity index (χ1n) is 9.17. The predicted molar refractivity (Wildman–Crippen MR) is 106 cm³/mol. The highest BCUT2D eigenvalue weighted by molar-refractivity contribution is 5.99. The molecule has 1 aromatic heterocycles. The zero-order valence-electron chi connectivity index (χ0n) is 16.0. The molecule has 1 fully saturated rings. The average Bonchev–Trinajstić information content (AvgIpc) is 2.67. The fraction of sp³-hybridized carbons (Fsp3) is 0.350. The minimum atomic E-state index is -0.531. The molecule has 0 unspecified atom stereocenters. The van der Waals surface area contributed by atoms with Crippen LogP contribution < -0.4 is 10.6 Å². The highest BCUT2D eigenvalue weighted by Crippen LogP contribution is 2.19. The Kier molecular flexibility index (Phi) is 6.20. The van der Waals surface area contributed by atoms with E-state index >= 15 is 0 Å². The molecule has 0 saturated carbocycles. The maximum Gasteiger partial charge on any atom is 0.323 e. The number of nitrogens with zero attached hydrogens (tertiary/aromatic N) is 3. The molecule has 0 aliphatic carbocycles. The van der Waals surface area contributed by atoms with E-state index in [4.69, 9.17) is 0 Å². The van der Waals surface area contributed by atoms with Crippen molar-refractivity contribution in [1.29, 1.82) is 0 Å². The van der Waals surface area contributed by atoms with Gasteiger partial charge in [-0.05, 0) is 36.8 Å². The van der Waals surface area contributed by atoms with Crippen LogP contribution in [0.25, 0.3) is 0 Å². The molecule has 1 saturated heterocycles. The maximum absolute atomic E-state index is 14.1. The molecule has 3 rings (SSSR count). The van der Waals surface area contributed by atoms with Crippen molar-refractivity contribution in [3.05, 3.63) is 53.6 Å². The summed E-state index contributed by atoms with van der Waals surface area (Å²) in [6, 6.07) is 7.68. The number of carbonyl (C=O) groups is 2. The lowest BCUT2D eigenvalue weighted by atomic mass is 10.1. The first kappa shape index (κ1) is 19.8. The number of piperazine rings is 1. The van der Waals surface area contributed by atoms with Gasteiger partial charge in [-0.25, -0.2) is 9.18 Å². The van der Waals surface area contributed by atoms with E-state index < -0.39 is 11.8 Å². The van der Waals surface area contributed by atoms with E-state index in [1.807, 2.05) is 11.8 Å². The first-order chi connectivity index (χ1) is 13.4. The number of urea groups is 1. The van der Waals surface area contributed by atoms with Crippen LogP contribution in [0.5, 0.6) is 0 Å². The molecule has 0 bridgehead atoms. The Balaban J connectivity index is 1.59. The van der Waals surface area contributed by atoms with Crippen molar-refractivity contribution < 1.29 is 14.0 Å². The van der Waals surface area contributed by atoms with Crippen LogP contribution in [0.1, 0.15) is 18.2 Å². The number of halogens is 1. The monoisotopic (exact) mass is 385 g/mol. The SMILES string of the molecule is CC(=O)N1CCN(Cc2ccc(F)c(NC(=O)Nc3ccc(C)nc3)c2)CC1. The van der Waals surface area contributed by atoms with E-state index in [-0.39, 0.29) is 11.6 Å². The predicted octanol–water partition coefficient (Wildman–Crippen LogP) is 2.84. The lowest BCUT2D eigenvalue weighted by molar-refractivity contribution is -0.130. The van der Waals surface area contributed by atoms with Crippen molar-refractivity contribution in [2.45, 2.75) is 20.4 Å². The van der Waals surface area contributed by atoms with Gasteiger partial charge in [-0.3, -0.25) is 14.7 Å². The number of carbonyl (C=O) groups excluding carboxylic acids is 2. The van der Waals surface area contributed by atoms with Gasteiger partial charge in [0.15, 0.2) is 0 Å². The van der Waals surface area contributed by atoms with E-state index in [9.17, 15) is 14.0 Å². The van der Waals surface area contributed by atoms with Gasteiger partial charge < -0.3 is 15.5 Å². The third-order valence-electron chi connectivity index (χ3n) is 4.67. The van der Waals surface area contributed by atoms with Gasteiger partial charge in [-0.15, -0.1) is 0 Å². The number of hydrogen-bond donors (Lipinski definition) is 2. The summed E-state index contributed by atoms with van der Waals surface area (Å²) < 4.78 is 14.1. The number of benzene rings is 1. The molecular weight excluding hydrogens is 361 g/mol. The van der Waals surface area contributed by atoms with Crippen molar-refractivity contribution in [2.24, 2.45) is 0 Å². The summed E-state index contributed by atoms with van der Waals surface area (Å²) in [6.45, 7) is 6.96. The van der Waals surface area contributed by atoms with Crippen LogP contribution in [0.3, 0.4) is 0 Å². The number of nitrogens with one attached hydrogen (secondary N) is 2. The topological polar surface area (TPSA) is 77.6 Å². The molecular formula is C20H24FN5O2. The normalized spacial score (nSPS) is 14.6. The summed E-state index contributed by atoms with van der Waals surface area (Å²) in [6.07, 6.45) is 1.54. The molecule has 8 heteroatoms. The average molecular weight is 385 g/mol. The molecule has 0 radical (unpaired) electrons. The summed E-state index contributed by atoms with van der Waals surface area (Å²) in [7, 11) is 0. The number of pyridine rings is 1. The fourth-order valence-corrected chi connectivity index (χ4v) is 3.07. The van der Waals surface area contributed by atoms with Gasteiger partial charge in [0, 0.05) is 45.3 Å². The van der Waals surface area contributed by atoms with Gasteiger partial charge in [0.2, 0.25) is 5.91 Å². The fourth-order valence-electron chi connectivity index (χ4n) is 3.07. The van der Waals surface area contributed by atoms with E-state index in [0.29, 0.717) is 25.3 Å². The maximum atomic E-state index is 14.1. The Morgan fingerprint density at radius 2 is 1.86 bits per heavy atom. The molecule has 0 spiro atoms. The van der Waals surface area contributed by atoms with Gasteiger partial charge in [0.05, 0.1) is 17.6 Å². The lowest BCUT2D eigenvalue weighted by Gasteiger charge is -2.34. The summed E-state index contributed by atoms with van der Waals surface area (Å²) >= 11 is 0. The number of rotatable bonds is 4. The summed E-state index contributed by atoms with van der Waals surface area (Å²) in [5, 5.41) is 5.18. The van der Waals surface area contributed by atoms with Crippen molar-refractivity contribution in [2.75, 3.05) is 36.8 Å². The molecule has 7 nitrogen and oxygen atoms in total. The molecule has 1 aliphatic rings. The number of aryl methyl sites for hydroxylation is 1. The van der Waals surface area contributed by atoms with Gasteiger partial charge in [0.1, 0.15) is 5.82 Å². The quantitative estimate of drug-likeness (QED) is 0.848. The number of aromatic nitrogens is 1. The van der Waals surface area contributed by atoms with E-state index in [2.05, 4.69) is 20.5 Å². The van der Waals surface area contributed by atoms with Crippen LogP contribution in [0.2, 0.25) is 0 Å². The highest BCUT2D eigenvalue weighted by Gasteiger charge is 2.19. The Morgan fingerprint density at radius 3 is 2.50 bits per heavy atom. The van der Waals surface area contributed by atoms with Crippen LogP contribution in [0, 0.1) is 12.7 Å². The van der Waals surface area contributed by atoms with Crippen LogP contribution >= 0.6 is 0 Å². The van der Waals surface area contributed by atoms with Gasteiger partial charge in [-0.1, -0.05) is 6.07 Å². The molecule has 28 heavy (non-hydrogen) atoms. The minimum absolute atomic E-state index is 0.0858. The van der Waals surface area contributed by atoms with E-state index in [1.165, 1.54) is 6.07 Å². The van der Waals surface area contributed by atoms with Gasteiger partial charge in [0.25, 0.3) is 0 Å². The molecule has 1 aliphatic heterocycles. The second-order valence-electron chi connectivity index (χ2n) is 6.86. The minimum Gasteiger partial charge on any atom is -0.340 e. The molecule has 1 aromatic carbocycles. The van der Waals surface area contributed by atoms with E-state index in [1.54, 1.807) is 37.4 Å². The molecule has 0 atom stereocenters. The zero-order chi connectivity index (χ0) is 20.1. The Hall–Kier alpha value is -3.00. The molecule has 2 aromatic rings. The Labute approximate surface area is 163 Å². The third-order valence-corrected chi connectivity index (χ3v) is 4.67. The lowest BCUT2D eigenvalue weighted by Crippen LogP contribution is -2.47. The second kappa shape index (κ2) is 8.79. The number of hydrogen-bond acceptors (Lipinski definition) is 4. The zero-order valence-corrected chi connectivity index (χ0v) is 16.0. The Morgan fingerprint density at radius 1 is 1.11 bits per heavy atom. The number of anilines is 2. The molecule has 148 valence electrons. The number of amides is 3. The summed E-state index contributed by atoms with van der Waals surface area (Å²) in [5.74, 6) is -0.412. The largest absolute Gasteiger partial charge is 0.340 e. The van der Waals surface area contributed by atoms with Crippen LogP contribution in [-0.4, -0.2) is 52.9 Å². The van der Waals surface area contributed by atoms with Crippen LogP contribution in [-0.2, 0) is 11.3 Å². The Bertz CT molecular complexity index is 848. The second-order valence-corrected chi connectivity index (χ2v) is 6.86. The highest BCUT2D eigenvalue weighted by atomic mass is 19.1. The van der Waals surface area contributed by atoms with Crippen molar-refractivity contribution >= 4 is 23.3 Å². The van der Waals surface area contributed by atoms with Crippen LogP contribution in [0.4, 0.5) is 20.6 Å². The summed E-state index contributed by atoms with van der Waals surface area (Å²) in [4.78, 5) is 31.7. The first-order valence-corrected chi connectivity index (χ1v) is 9.17.